The molecule has 0 aromatic heterocycles. The number of rotatable bonds is 1. The lowest BCUT2D eigenvalue weighted by molar-refractivity contribution is 0.173. The van der Waals surface area contributed by atoms with Gasteiger partial charge in [-0.3, -0.25) is 5.32 Å². The Morgan fingerprint density at radius 3 is 2.80 bits per heavy atom. The smallest absolute Gasteiger partial charge is 0.411 e. The first kappa shape index (κ1) is 9.77. The van der Waals surface area contributed by atoms with Crippen LogP contribution in [0, 0.1) is 11.8 Å². The van der Waals surface area contributed by atoms with E-state index in [1.165, 1.54) is 7.11 Å². The number of hydrogen-bond acceptors (Lipinski definition) is 2. The number of carbonyl (C=O) groups is 1. The molecule has 2 atom stereocenters. The van der Waals surface area contributed by atoms with Crippen molar-refractivity contribution in [3.8, 4) is 0 Å². The number of carbonyl (C=O) groups excluding carboxylic acids is 1. The normalized spacial score (nSPS) is 26.9. The van der Waals surface area contributed by atoms with Gasteiger partial charge in [0, 0.05) is 17.5 Å². The molecule has 78 valence electrons. The van der Waals surface area contributed by atoms with Crippen LogP contribution in [0.3, 0.4) is 0 Å². The molecule has 0 saturated heterocycles. The fourth-order valence-corrected chi connectivity index (χ4v) is 1.81. The van der Waals surface area contributed by atoms with E-state index in [1.807, 2.05) is 24.3 Å². The lowest BCUT2D eigenvalue weighted by Crippen LogP contribution is -2.30. The summed E-state index contributed by atoms with van der Waals surface area (Å²) in [5.41, 5.74) is 0.884. The molecule has 2 unspecified atom stereocenters. The molecule has 1 N–H and O–H groups in total. The zero-order valence-electron chi connectivity index (χ0n) is 8.51. The molecule has 0 saturated carbocycles. The summed E-state index contributed by atoms with van der Waals surface area (Å²) in [6.45, 7) is 0. The highest BCUT2D eigenvalue weighted by Crippen LogP contribution is 2.29. The van der Waals surface area contributed by atoms with Crippen molar-refractivity contribution in [3.05, 3.63) is 48.2 Å². The van der Waals surface area contributed by atoms with Gasteiger partial charge < -0.3 is 4.74 Å². The quantitative estimate of drug-likeness (QED) is 0.709. The maximum absolute atomic E-state index is 11.1. The largest absolute Gasteiger partial charge is 0.453 e. The van der Waals surface area contributed by atoms with Crippen molar-refractivity contribution < 1.29 is 9.53 Å². The second kappa shape index (κ2) is 4.17. The number of methoxy groups -OCH3 is 1. The third-order valence-electron chi connectivity index (χ3n) is 2.58. The highest BCUT2D eigenvalue weighted by Gasteiger charge is 2.23. The Hall–Kier alpha value is -1.77. The Morgan fingerprint density at radius 2 is 2.00 bits per heavy atom. The molecule has 0 aliphatic heterocycles. The van der Waals surface area contributed by atoms with Crippen molar-refractivity contribution in [2.75, 3.05) is 7.11 Å². The second-order valence-corrected chi connectivity index (χ2v) is 3.50. The van der Waals surface area contributed by atoms with Crippen LogP contribution in [0.1, 0.15) is 0 Å². The van der Waals surface area contributed by atoms with Crippen LogP contribution in [0.2, 0.25) is 0 Å². The van der Waals surface area contributed by atoms with Crippen molar-refractivity contribution in [1.29, 1.82) is 0 Å². The third kappa shape index (κ3) is 2.01. The van der Waals surface area contributed by atoms with E-state index in [4.69, 9.17) is 0 Å². The van der Waals surface area contributed by atoms with Gasteiger partial charge in [-0.2, -0.15) is 0 Å². The zero-order valence-corrected chi connectivity index (χ0v) is 8.51. The standard InChI is InChI=1S/C12H13NO2/c1-15-12(14)13-11-8-4-6-9-5-2-3-7-10(9)11/h2-10H,1H3,(H,13,14). The first-order valence-corrected chi connectivity index (χ1v) is 4.89. The minimum absolute atomic E-state index is 0.221. The lowest BCUT2D eigenvalue weighted by atomic mass is 9.83. The number of hydrogen-bond donors (Lipinski definition) is 1. The molecule has 0 heterocycles. The van der Waals surface area contributed by atoms with Crippen LogP contribution in [0.15, 0.2) is 48.2 Å². The number of ether oxygens (including phenoxy) is 1. The number of nitrogens with one attached hydrogen (secondary N) is 1. The van der Waals surface area contributed by atoms with Crippen LogP contribution in [-0.2, 0) is 4.74 Å². The summed E-state index contributed by atoms with van der Waals surface area (Å²) >= 11 is 0. The Kier molecular flexibility index (Phi) is 2.72. The minimum atomic E-state index is -0.418. The van der Waals surface area contributed by atoms with Crippen LogP contribution in [0.25, 0.3) is 0 Å². The molecule has 1 amide bonds. The first-order valence-electron chi connectivity index (χ1n) is 4.89. The van der Waals surface area contributed by atoms with Gasteiger partial charge in [-0.05, 0) is 6.08 Å². The Labute approximate surface area is 88.8 Å². The topological polar surface area (TPSA) is 38.3 Å². The number of alkyl carbamates (subject to hydrolysis) is 1. The number of fused-ring (bicyclic) bond motifs is 1. The van der Waals surface area contributed by atoms with Gasteiger partial charge in [0.1, 0.15) is 0 Å². The van der Waals surface area contributed by atoms with Crippen molar-refractivity contribution in [2.24, 2.45) is 11.8 Å². The molecule has 3 heteroatoms. The van der Waals surface area contributed by atoms with E-state index in [0.717, 1.165) is 5.70 Å². The van der Waals surface area contributed by atoms with Gasteiger partial charge in [0.15, 0.2) is 0 Å². The molecule has 0 fully saturated rings. The SMILES string of the molecule is COC(=O)NC1=CC=CC2C=CC=CC12. The molecule has 2 rings (SSSR count). The van der Waals surface area contributed by atoms with Crippen molar-refractivity contribution >= 4 is 6.09 Å². The number of allylic oxidation sites excluding steroid dienone is 7. The summed E-state index contributed by atoms with van der Waals surface area (Å²) in [7, 11) is 1.36. The van der Waals surface area contributed by atoms with Crippen molar-refractivity contribution in [2.45, 2.75) is 0 Å². The highest BCUT2D eigenvalue weighted by atomic mass is 16.5. The molecule has 3 nitrogen and oxygen atoms in total. The maximum atomic E-state index is 11.1. The lowest BCUT2D eigenvalue weighted by Gasteiger charge is -2.26. The summed E-state index contributed by atoms with van der Waals surface area (Å²) in [5, 5.41) is 2.73. The highest BCUT2D eigenvalue weighted by molar-refractivity contribution is 5.70. The fourth-order valence-electron chi connectivity index (χ4n) is 1.81. The summed E-state index contributed by atoms with van der Waals surface area (Å²) in [6.07, 6.45) is 13.8. The molecule has 0 bridgehead atoms. The van der Waals surface area contributed by atoms with E-state index in [1.54, 1.807) is 0 Å². The van der Waals surface area contributed by atoms with Gasteiger partial charge in [-0.25, -0.2) is 4.79 Å². The maximum Gasteiger partial charge on any atom is 0.411 e. The molecule has 0 spiro atoms. The molecule has 2 aliphatic carbocycles. The molecule has 15 heavy (non-hydrogen) atoms. The van der Waals surface area contributed by atoms with E-state index in [2.05, 4.69) is 28.3 Å². The van der Waals surface area contributed by atoms with Gasteiger partial charge in [0.2, 0.25) is 0 Å². The van der Waals surface area contributed by atoms with Crippen LogP contribution in [0.4, 0.5) is 4.79 Å². The van der Waals surface area contributed by atoms with E-state index in [-0.39, 0.29) is 5.92 Å². The first-order chi connectivity index (χ1) is 7.31. The molecule has 2 aliphatic rings. The molecule has 0 aromatic carbocycles. The van der Waals surface area contributed by atoms with E-state index in [9.17, 15) is 4.79 Å². The van der Waals surface area contributed by atoms with Gasteiger partial charge >= 0.3 is 6.09 Å². The van der Waals surface area contributed by atoms with Crippen LogP contribution >= 0.6 is 0 Å². The minimum Gasteiger partial charge on any atom is -0.453 e. The van der Waals surface area contributed by atoms with Gasteiger partial charge in [0.25, 0.3) is 0 Å². The van der Waals surface area contributed by atoms with Gasteiger partial charge in [-0.1, -0.05) is 36.5 Å². The summed E-state index contributed by atoms with van der Waals surface area (Å²) in [4.78, 5) is 11.1. The van der Waals surface area contributed by atoms with E-state index in [0.29, 0.717) is 5.92 Å². The molecule has 0 aromatic rings. The second-order valence-electron chi connectivity index (χ2n) is 3.50. The van der Waals surface area contributed by atoms with Gasteiger partial charge in [0.05, 0.1) is 7.11 Å². The van der Waals surface area contributed by atoms with Crippen molar-refractivity contribution in [3.63, 3.8) is 0 Å². The van der Waals surface area contributed by atoms with Crippen LogP contribution in [0.5, 0.6) is 0 Å². The van der Waals surface area contributed by atoms with Crippen LogP contribution < -0.4 is 5.32 Å². The summed E-state index contributed by atoms with van der Waals surface area (Å²) in [6, 6.07) is 0. The Balaban J connectivity index is 2.14. The van der Waals surface area contributed by atoms with Crippen LogP contribution in [-0.4, -0.2) is 13.2 Å². The average molecular weight is 203 g/mol. The summed E-state index contributed by atoms with van der Waals surface area (Å²) in [5.74, 6) is 0.561. The average Bonchev–Trinajstić information content (AvgIpc) is 2.29. The summed E-state index contributed by atoms with van der Waals surface area (Å²) < 4.78 is 4.58. The zero-order chi connectivity index (χ0) is 10.7. The third-order valence-corrected chi connectivity index (χ3v) is 2.58. The van der Waals surface area contributed by atoms with Gasteiger partial charge in [-0.15, -0.1) is 0 Å². The Bertz CT molecular complexity index is 377. The molecular weight excluding hydrogens is 190 g/mol. The predicted octanol–water partition coefficient (Wildman–Crippen LogP) is 2.15. The predicted molar refractivity (Wildman–Crippen MR) is 58.0 cm³/mol. The van der Waals surface area contributed by atoms with Crippen molar-refractivity contribution in [1.82, 2.24) is 5.32 Å². The van der Waals surface area contributed by atoms with E-state index < -0.39 is 6.09 Å². The van der Waals surface area contributed by atoms with E-state index >= 15 is 0 Å². The number of amides is 1. The molecular formula is C12H13NO2. The fraction of sp³-hybridized carbons (Fsp3) is 0.250. The molecule has 0 radical (unpaired) electrons. The Morgan fingerprint density at radius 1 is 1.27 bits per heavy atom. The monoisotopic (exact) mass is 203 g/mol.